The van der Waals surface area contributed by atoms with E-state index in [1.54, 1.807) is 18.2 Å². The van der Waals surface area contributed by atoms with Crippen LogP contribution in [-0.4, -0.2) is 18.4 Å². The Hall–Kier alpha value is -3.32. The lowest BCUT2D eigenvalue weighted by molar-refractivity contribution is 0.601. The van der Waals surface area contributed by atoms with Crippen LogP contribution in [0.15, 0.2) is 82.5 Å². The standard InChI is InChI=1S/C19H15N3O3S/c23-19-20-17-11-10-16(12-18(17)21-19)26(24,25)22-15-8-6-14(7-9-15)13-4-2-1-3-5-13/h1-12,22H,(H2,20,21,23). The van der Waals surface area contributed by atoms with Crippen LogP contribution in [0.5, 0.6) is 0 Å². The molecule has 0 amide bonds. The highest BCUT2D eigenvalue weighted by atomic mass is 32.2. The molecule has 0 spiro atoms. The molecule has 0 bridgehead atoms. The fourth-order valence-electron chi connectivity index (χ4n) is 2.75. The van der Waals surface area contributed by atoms with Crippen LogP contribution >= 0.6 is 0 Å². The maximum atomic E-state index is 12.6. The van der Waals surface area contributed by atoms with Gasteiger partial charge in [0.25, 0.3) is 10.0 Å². The molecular weight excluding hydrogens is 350 g/mol. The van der Waals surface area contributed by atoms with E-state index in [1.807, 2.05) is 42.5 Å². The molecule has 0 atom stereocenters. The van der Waals surface area contributed by atoms with Gasteiger partial charge < -0.3 is 9.97 Å². The summed E-state index contributed by atoms with van der Waals surface area (Å²) in [5, 5.41) is 0. The predicted octanol–water partition coefficient (Wildman–Crippen LogP) is 3.32. The van der Waals surface area contributed by atoms with Gasteiger partial charge in [0, 0.05) is 5.69 Å². The molecule has 0 radical (unpaired) electrons. The molecule has 0 aliphatic heterocycles. The number of benzene rings is 3. The molecule has 3 N–H and O–H groups in total. The van der Waals surface area contributed by atoms with Crippen molar-refractivity contribution in [2.45, 2.75) is 4.90 Å². The van der Waals surface area contributed by atoms with Crippen molar-refractivity contribution in [2.24, 2.45) is 0 Å². The van der Waals surface area contributed by atoms with Crippen LogP contribution in [-0.2, 0) is 10.0 Å². The molecule has 3 aromatic carbocycles. The number of nitrogens with one attached hydrogen (secondary N) is 3. The van der Waals surface area contributed by atoms with E-state index in [0.29, 0.717) is 16.7 Å². The summed E-state index contributed by atoms with van der Waals surface area (Å²) in [5.74, 6) is 0. The summed E-state index contributed by atoms with van der Waals surface area (Å²) in [6.45, 7) is 0. The van der Waals surface area contributed by atoms with Crippen LogP contribution in [0.2, 0.25) is 0 Å². The zero-order chi connectivity index (χ0) is 18.1. The molecule has 7 heteroatoms. The van der Waals surface area contributed by atoms with Crippen molar-refractivity contribution in [3.63, 3.8) is 0 Å². The number of hydrogen-bond donors (Lipinski definition) is 3. The first kappa shape index (κ1) is 16.2. The molecule has 0 aliphatic rings. The maximum Gasteiger partial charge on any atom is 0.323 e. The monoisotopic (exact) mass is 365 g/mol. The van der Waals surface area contributed by atoms with Crippen LogP contribution in [0.25, 0.3) is 22.2 Å². The summed E-state index contributed by atoms with van der Waals surface area (Å²) >= 11 is 0. The van der Waals surface area contributed by atoms with Gasteiger partial charge in [-0.3, -0.25) is 4.72 Å². The van der Waals surface area contributed by atoms with Crippen LogP contribution in [0.4, 0.5) is 5.69 Å². The highest BCUT2D eigenvalue weighted by Crippen LogP contribution is 2.23. The largest absolute Gasteiger partial charge is 0.323 e. The van der Waals surface area contributed by atoms with Gasteiger partial charge >= 0.3 is 5.69 Å². The molecule has 0 aliphatic carbocycles. The van der Waals surface area contributed by atoms with E-state index in [2.05, 4.69) is 14.7 Å². The third-order valence-electron chi connectivity index (χ3n) is 4.04. The molecule has 0 unspecified atom stereocenters. The average Bonchev–Trinajstić information content (AvgIpc) is 3.02. The first-order chi connectivity index (χ1) is 12.5. The third-order valence-corrected chi connectivity index (χ3v) is 5.42. The molecule has 4 rings (SSSR count). The molecule has 6 nitrogen and oxygen atoms in total. The summed E-state index contributed by atoms with van der Waals surface area (Å²) in [4.78, 5) is 16.5. The number of rotatable bonds is 4. The SMILES string of the molecule is O=c1[nH]c2ccc(S(=O)(=O)Nc3ccc(-c4ccccc4)cc3)cc2[nH]1. The summed E-state index contributed by atoms with van der Waals surface area (Å²) in [6, 6.07) is 21.4. The maximum absolute atomic E-state index is 12.6. The fraction of sp³-hybridized carbons (Fsp3) is 0. The lowest BCUT2D eigenvalue weighted by atomic mass is 10.1. The van der Waals surface area contributed by atoms with Crippen molar-refractivity contribution in [3.05, 3.63) is 83.3 Å². The Balaban J connectivity index is 1.61. The van der Waals surface area contributed by atoms with E-state index in [1.165, 1.54) is 12.1 Å². The first-order valence-electron chi connectivity index (χ1n) is 7.92. The van der Waals surface area contributed by atoms with E-state index < -0.39 is 10.0 Å². The van der Waals surface area contributed by atoms with Crippen molar-refractivity contribution in [3.8, 4) is 11.1 Å². The number of aromatic nitrogens is 2. The Labute approximate surface area is 149 Å². The summed E-state index contributed by atoms with van der Waals surface area (Å²) in [5.41, 5.74) is 3.15. The van der Waals surface area contributed by atoms with Crippen molar-refractivity contribution in [1.29, 1.82) is 0 Å². The minimum absolute atomic E-state index is 0.0763. The second kappa shape index (κ2) is 6.20. The second-order valence-corrected chi connectivity index (χ2v) is 7.52. The smallest absolute Gasteiger partial charge is 0.306 e. The minimum atomic E-state index is -3.76. The Morgan fingerprint density at radius 2 is 1.38 bits per heavy atom. The summed E-state index contributed by atoms with van der Waals surface area (Å²) in [7, 11) is -3.76. The van der Waals surface area contributed by atoms with Crippen LogP contribution in [0, 0.1) is 0 Å². The zero-order valence-corrected chi connectivity index (χ0v) is 14.4. The molecule has 1 aromatic heterocycles. The number of imidazole rings is 1. The second-order valence-electron chi connectivity index (χ2n) is 5.84. The summed E-state index contributed by atoms with van der Waals surface area (Å²) in [6.07, 6.45) is 0. The highest BCUT2D eigenvalue weighted by Gasteiger charge is 2.15. The minimum Gasteiger partial charge on any atom is -0.306 e. The topological polar surface area (TPSA) is 94.8 Å². The van der Waals surface area contributed by atoms with Crippen LogP contribution < -0.4 is 10.4 Å². The quantitative estimate of drug-likeness (QED) is 0.518. The number of sulfonamides is 1. The summed E-state index contributed by atoms with van der Waals surface area (Å²) < 4.78 is 27.7. The van der Waals surface area contributed by atoms with Gasteiger partial charge in [-0.05, 0) is 41.5 Å². The lowest BCUT2D eigenvalue weighted by Gasteiger charge is -2.09. The normalized spacial score (nSPS) is 11.5. The van der Waals surface area contributed by atoms with E-state index >= 15 is 0 Å². The van der Waals surface area contributed by atoms with Gasteiger partial charge in [-0.1, -0.05) is 42.5 Å². The zero-order valence-electron chi connectivity index (χ0n) is 13.6. The number of fused-ring (bicyclic) bond motifs is 1. The number of aromatic amines is 2. The Morgan fingerprint density at radius 3 is 2.12 bits per heavy atom. The Morgan fingerprint density at radius 1 is 0.731 bits per heavy atom. The first-order valence-corrected chi connectivity index (χ1v) is 9.40. The van der Waals surface area contributed by atoms with Crippen molar-refractivity contribution >= 4 is 26.7 Å². The molecule has 1 heterocycles. The predicted molar refractivity (Wildman–Crippen MR) is 102 cm³/mol. The van der Waals surface area contributed by atoms with Crippen LogP contribution in [0.3, 0.4) is 0 Å². The molecule has 26 heavy (non-hydrogen) atoms. The van der Waals surface area contributed by atoms with E-state index in [0.717, 1.165) is 11.1 Å². The average molecular weight is 365 g/mol. The molecule has 130 valence electrons. The number of H-pyrrole nitrogens is 2. The van der Waals surface area contributed by atoms with Gasteiger partial charge in [0.15, 0.2) is 0 Å². The molecule has 0 fully saturated rings. The van der Waals surface area contributed by atoms with E-state index in [4.69, 9.17) is 0 Å². The Bertz CT molecular complexity index is 1220. The van der Waals surface area contributed by atoms with Crippen molar-refractivity contribution < 1.29 is 8.42 Å². The highest BCUT2D eigenvalue weighted by molar-refractivity contribution is 7.92. The Kier molecular flexibility index (Phi) is 3.85. The molecule has 0 saturated carbocycles. The van der Waals surface area contributed by atoms with Crippen molar-refractivity contribution in [2.75, 3.05) is 4.72 Å². The molecule has 0 saturated heterocycles. The van der Waals surface area contributed by atoms with Gasteiger partial charge in [0.05, 0.1) is 15.9 Å². The van der Waals surface area contributed by atoms with Gasteiger partial charge in [0.2, 0.25) is 0 Å². The molecule has 4 aromatic rings. The third kappa shape index (κ3) is 3.12. The molecular formula is C19H15N3O3S. The lowest BCUT2D eigenvalue weighted by Crippen LogP contribution is -2.12. The van der Waals surface area contributed by atoms with E-state index in [9.17, 15) is 13.2 Å². The number of hydrogen-bond acceptors (Lipinski definition) is 3. The van der Waals surface area contributed by atoms with Gasteiger partial charge in [-0.2, -0.15) is 0 Å². The van der Waals surface area contributed by atoms with E-state index in [-0.39, 0.29) is 10.6 Å². The number of anilines is 1. The van der Waals surface area contributed by atoms with Crippen molar-refractivity contribution in [1.82, 2.24) is 9.97 Å². The van der Waals surface area contributed by atoms with Gasteiger partial charge in [-0.25, -0.2) is 13.2 Å². The van der Waals surface area contributed by atoms with Crippen LogP contribution in [0.1, 0.15) is 0 Å². The van der Waals surface area contributed by atoms with Gasteiger partial charge in [-0.15, -0.1) is 0 Å². The fourth-order valence-corrected chi connectivity index (χ4v) is 3.84. The van der Waals surface area contributed by atoms with Gasteiger partial charge in [0.1, 0.15) is 0 Å².